The van der Waals surface area contributed by atoms with Crippen LogP contribution in [-0.2, 0) is 4.79 Å². The van der Waals surface area contributed by atoms with Gasteiger partial charge in [-0.1, -0.05) is 39.3 Å². The quantitative estimate of drug-likeness (QED) is 0.466. The second-order valence-corrected chi connectivity index (χ2v) is 2.18. The van der Waals surface area contributed by atoms with Crippen molar-refractivity contribution in [2.45, 2.75) is 27.2 Å². The van der Waals surface area contributed by atoms with E-state index in [0.717, 1.165) is 12.0 Å². The number of carbonyl (C=O) groups is 1. The summed E-state index contributed by atoms with van der Waals surface area (Å²) < 4.78 is 0. The molecule has 13 heavy (non-hydrogen) atoms. The molecule has 0 aromatic heterocycles. The summed E-state index contributed by atoms with van der Waals surface area (Å²) in [6.07, 6.45) is 5.91. The van der Waals surface area contributed by atoms with Crippen LogP contribution in [0.2, 0.25) is 0 Å². The van der Waals surface area contributed by atoms with Crippen LogP contribution in [0.1, 0.15) is 27.2 Å². The van der Waals surface area contributed by atoms with Crippen molar-refractivity contribution in [1.29, 1.82) is 0 Å². The molecule has 0 radical (unpaired) electrons. The number of rotatable bonds is 1. The Morgan fingerprint density at radius 2 is 1.92 bits per heavy atom. The van der Waals surface area contributed by atoms with E-state index < -0.39 is 0 Å². The molecule has 1 aliphatic rings. The molecule has 2 heteroatoms. The summed E-state index contributed by atoms with van der Waals surface area (Å²) in [5.41, 5.74) is 1.33. The molecule has 0 unspecified atom stereocenters. The molecule has 0 aromatic rings. The van der Waals surface area contributed by atoms with E-state index in [0.29, 0.717) is 5.57 Å². The first-order chi connectivity index (χ1) is 5.75. The molecule has 0 heterocycles. The Balaban J connectivity index is 0. The van der Waals surface area contributed by atoms with Crippen LogP contribution in [-0.4, -0.2) is 5.78 Å². The summed E-state index contributed by atoms with van der Waals surface area (Å²) in [5, 5.41) is 0. The predicted octanol–water partition coefficient (Wildman–Crippen LogP) is -0.149. The Morgan fingerprint density at radius 1 is 1.38 bits per heavy atom. The molecule has 0 N–H and O–H groups in total. The average Bonchev–Trinajstić information content (AvgIpc) is 2.13. The van der Waals surface area contributed by atoms with Crippen LogP contribution >= 0.6 is 0 Å². The number of carbonyl (C=O) groups excluding carboxylic acids is 1. The zero-order valence-corrected chi connectivity index (χ0v) is 13.8. The van der Waals surface area contributed by atoms with E-state index in [-0.39, 0.29) is 64.0 Å². The van der Waals surface area contributed by atoms with Gasteiger partial charge < -0.3 is 4.79 Å². The summed E-state index contributed by atoms with van der Waals surface area (Å²) in [4.78, 5) is 10.9. The van der Waals surface area contributed by atoms with Gasteiger partial charge >= 0.3 is 58.2 Å². The SMILES string of the molecule is CC.[CH-]=C1C(=O)C=CC=C1CC.[Rb+]. The first-order valence-electron chi connectivity index (χ1n) is 4.30. The molecule has 0 fully saturated rings. The fourth-order valence-corrected chi connectivity index (χ4v) is 0.898. The van der Waals surface area contributed by atoms with Gasteiger partial charge in [0.2, 0.25) is 0 Å². The Bertz CT molecular complexity index is 236. The van der Waals surface area contributed by atoms with Crippen molar-refractivity contribution in [2.24, 2.45) is 0 Å². The number of hydrogen-bond acceptors (Lipinski definition) is 1. The molecule has 66 valence electrons. The van der Waals surface area contributed by atoms with Crippen LogP contribution in [0, 0.1) is 6.58 Å². The van der Waals surface area contributed by atoms with E-state index in [9.17, 15) is 4.79 Å². The van der Waals surface area contributed by atoms with Gasteiger partial charge in [-0.3, -0.25) is 0 Å². The number of allylic oxidation sites excluding steroid dienone is 5. The van der Waals surface area contributed by atoms with Crippen LogP contribution in [0.5, 0.6) is 0 Å². The minimum Gasteiger partial charge on any atom is -0.366 e. The van der Waals surface area contributed by atoms with Crippen LogP contribution < -0.4 is 58.2 Å². The van der Waals surface area contributed by atoms with E-state index in [1.807, 2.05) is 26.8 Å². The molecule has 1 aliphatic carbocycles. The molecule has 1 rings (SSSR count). The summed E-state index contributed by atoms with van der Waals surface area (Å²) in [6, 6.07) is 0. The molecular formula is C11H15ORb. The van der Waals surface area contributed by atoms with Gasteiger partial charge in [-0.05, 0) is 0 Å². The second kappa shape index (κ2) is 9.26. The number of ketones is 1. The van der Waals surface area contributed by atoms with Gasteiger partial charge in [0.25, 0.3) is 0 Å². The third-order valence-electron chi connectivity index (χ3n) is 1.54. The van der Waals surface area contributed by atoms with Crippen molar-refractivity contribution in [2.75, 3.05) is 0 Å². The molecule has 0 spiro atoms. The normalized spacial score (nSPS) is 13.9. The van der Waals surface area contributed by atoms with Crippen molar-refractivity contribution in [3.05, 3.63) is 36.0 Å². The third-order valence-corrected chi connectivity index (χ3v) is 1.54. The maximum Gasteiger partial charge on any atom is 1.00 e. The van der Waals surface area contributed by atoms with Gasteiger partial charge in [0, 0.05) is 0 Å². The van der Waals surface area contributed by atoms with Gasteiger partial charge in [-0.15, -0.1) is 11.6 Å². The minimum absolute atomic E-state index is 0. The van der Waals surface area contributed by atoms with Crippen molar-refractivity contribution in [3.63, 3.8) is 0 Å². The molecule has 0 saturated heterocycles. The first kappa shape index (κ1) is 16.1. The van der Waals surface area contributed by atoms with Gasteiger partial charge in [0.05, 0.1) is 5.78 Å². The molecule has 0 saturated carbocycles. The van der Waals surface area contributed by atoms with Gasteiger partial charge in [0.15, 0.2) is 0 Å². The van der Waals surface area contributed by atoms with E-state index in [4.69, 9.17) is 6.58 Å². The topological polar surface area (TPSA) is 17.1 Å². The molecule has 0 atom stereocenters. The van der Waals surface area contributed by atoms with Crippen LogP contribution in [0.4, 0.5) is 0 Å². The molecule has 0 aliphatic heterocycles. The second-order valence-electron chi connectivity index (χ2n) is 2.18. The zero-order chi connectivity index (χ0) is 9.56. The minimum atomic E-state index is -0.0700. The Morgan fingerprint density at radius 3 is 2.31 bits per heavy atom. The molecule has 0 bridgehead atoms. The van der Waals surface area contributed by atoms with E-state index in [1.165, 1.54) is 6.08 Å². The molecular weight excluding hydrogens is 234 g/mol. The predicted molar refractivity (Wildman–Crippen MR) is 51.7 cm³/mol. The number of hydrogen-bond donors (Lipinski definition) is 0. The smallest absolute Gasteiger partial charge is 0.366 e. The zero-order valence-electron chi connectivity index (χ0n) is 8.92. The first-order valence-corrected chi connectivity index (χ1v) is 4.30. The van der Waals surface area contributed by atoms with Crippen molar-refractivity contribution in [3.8, 4) is 0 Å². The fourth-order valence-electron chi connectivity index (χ4n) is 0.898. The van der Waals surface area contributed by atoms with Gasteiger partial charge in [0.1, 0.15) is 0 Å². The summed E-state index contributed by atoms with van der Waals surface area (Å²) in [6.45, 7) is 11.5. The Hall–Kier alpha value is 0.695. The van der Waals surface area contributed by atoms with E-state index >= 15 is 0 Å². The van der Waals surface area contributed by atoms with Crippen molar-refractivity contribution in [1.82, 2.24) is 0 Å². The van der Waals surface area contributed by atoms with Crippen LogP contribution in [0.3, 0.4) is 0 Å². The summed E-state index contributed by atoms with van der Waals surface area (Å²) >= 11 is 0. The third kappa shape index (κ3) is 5.21. The summed E-state index contributed by atoms with van der Waals surface area (Å²) in [5.74, 6) is -0.0700. The molecule has 0 amide bonds. The maximum atomic E-state index is 10.9. The van der Waals surface area contributed by atoms with Crippen LogP contribution in [0.25, 0.3) is 0 Å². The Kier molecular flexibility index (Phi) is 11.5. The standard InChI is InChI=1S/C9H9O.C2H6.Rb/c1-3-8-5-4-6-9(10)7(8)2;1-2;/h2,4-6H,3H2,1H3;1-2H3;/q-1;;+1. The molecule has 1 nitrogen and oxygen atoms in total. The van der Waals surface area contributed by atoms with E-state index in [1.54, 1.807) is 6.08 Å². The fraction of sp³-hybridized carbons (Fsp3) is 0.364. The molecule has 0 aromatic carbocycles. The maximum absolute atomic E-state index is 10.9. The van der Waals surface area contributed by atoms with Crippen LogP contribution in [0.15, 0.2) is 29.4 Å². The van der Waals surface area contributed by atoms with E-state index in [2.05, 4.69) is 0 Å². The largest absolute Gasteiger partial charge is 1.00 e. The van der Waals surface area contributed by atoms with Gasteiger partial charge in [-0.25, -0.2) is 6.58 Å². The van der Waals surface area contributed by atoms with Crippen molar-refractivity contribution >= 4 is 5.78 Å². The Labute approximate surface area is 130 Å². The van der Waals surface area contributed by atoms with Crippen molar-refractivity contribution < 1.29 is 63.0 Å². The average molecular weight is 249 g/mol. The summed E-state index contributed by atoms with van der Waals surface area (Å²) in [7, 11) is 0. The monoisotopic (exact) mass is 248 g/mol. The van der Waals surface area contributed by atoms with Gasteiger partial charge in [-0.2, -0.15) is 5.57 Å².